The first-order chi connectivity index (χ1) is 12.7. The van der Waals surface area contributed by atoms with E-state index in [1.807, 2.05) is 0 Å². The Morgan fingerprint density at radius 2 is 1.81 bits per heavy atom. The van der Waals surface area contributed by atoms with E-state index in [0.717, 1.165) is 0 Å². The summed E-state index contributed by atoms with van der Waals surface area (Å²) in [6.45, 7) is 2.21. The minimum absolute atomic E-state index is 0.0151. The summed E-state index contributed by atoms with van der Waals surface area (Å²) in [7, 11) is 0. The average molecular weight is 376 g/mol. The van der Waals surface area contributed by atoms with Crippen LogP contribution in [0.5, 0.6) is 0 Å². The Balaban J connectivity index is 1.89. The van der Waals surface area contributed by atoms with E-state index in [4.69, 9.17) is 11.5 Å². The lowest BCUT2D eigenvalue weighted by Gasteiger charge is -2.34. The van der Waals surface area contributed by atoms with E-state index in [1.54, 1.807) is 30.2 Å². The van der Waals surface area contributed by atoms with Gasteiger partial charge in [-0.05, 0) is 31.9 Å². The minimum Gasteiger partial charge on any atom is -0.384 e. The minimum atomic E-state index is -4.17. The zero-order chi connectivity index (χ0) is 19.6. The van der Waals surface area contributed by atoms with Crippen molar-refractivity contribution < 1.29 is 13.2 Å². The predicted octanol–water partition coefficient (Wildman–Crippen LogP) is 2.52. The zero-order valence-corrected chi connectivity index (χ0v) is 14.7. The fourth-order valence-corrected chi connectivity index (χ4v) is 2.99. The standard InChI is InChI=1S/C18H19F3N6/c1-11-14(4-2-12-3-5-15(22)24-10-12)16(26-17(23)25-11)27-8-6-13(7-9-27)18(19,20)21/h3,5,10,13H,6-9H2,1H3,(H2,22,24)(H2,23,25,26). The second-order valence-electron chi connectivity index (χ2n) is 6.39. The maximum absolute atomic E-state index is 12.9. The van der Waals surface area contributed by atoms with Crippen LogP contribution in [-0.4, -0.2) is 34.2 Å². The molecular formula is C18H19F3N6. The lowest BCUT2D eigenvalue weighted by molar-refractivity contribution is -0.179. The van der Waals surface area contributed by atoms with Crippen molar-refractivity contribution in [2.24, 2.45) is 5.92 Å². The van der Waals surface area contributed by atoms with Crippen LogP contribution in [-0.2, 0) is 0 Å². The molecule has 2 aromatic heterocycles. The molecule has 3 heterocycles. The van der Waals surface area contributed by atoms with Crippen LogP contribution < -0.4 is 16.4 Å². The molecule has 6 nitrogen and oxygen atoms in total. The number of piperidine rings is 1. The highest BCUT2D eigenvalue weighted by Crippen LogP contribution is 2.35. The molecule has 1 fully saturated rings. The Kier molecular flexibility index (Phi) is 5.08. The van der Waals surface area contributed by atoms with Crippen molar-refractivity contribution in [3.63, 3.8) is 0 Å². The van der Waals surface area contributed by atoms with Crippen molar-refractivity contribution >= 4 is 17.6 Å². The molecule has 0 aliphatic carbocycles. The molecule has 27 heavy (non-hydrogen) atoms. The highest BCUT2D eigenvalue weighted by molar-refractivity contribution is 5.61. The van der Waals surface area contributed by atoms with E-state index in [0.29, 0.717) is 28.5 Å². The molecular weight excluding hydrogens is 357 g/mol. The summed E-state index contributed by atoms with van der Waals surface area (Å²) in [5.41, 5.74) is 13.1. The Morgan fingerprint density at radius 3 is 2.41 bits per heavy atom. The van der Waals surface area contributed by atoms with Crippen molar-refractivity contribution in [1.82, 2.24) is 15.0 Å². The van der Waals surface area contributed by atoms with Crippen LogP contribution in [0.15, 0.2) is 18.3 Å². The van der Waals surface area contributed by atoms with Gasteiger partial charge in [-0.25, -0.2) is 9.97 Å². The number of pyridine rings is 1. The van der Waals surface area contributed by atoms with E-state index < -0.39 is 12.1 Å². The molecule has 1 aliphatic rings. The maximum atomic E-state index is 12.9. The number of aromatic nitrogens is 3. The van der Waals surface area contributed by atoms with Crippen LogP contribution in [0.2, 0.25) is 0 Å². The fourth-order valence-electron chi connectivity index (χ4n) is 2.99. The molecule has 3 rings (SSSR count). The Bertz CT molecular complexity index is 875. The lowest BCUT2D eigenvalue weighted by atomic mass is 9.96. The molecule has 0 spiro atoms. The highest BCUT2D eigenvalue weighted by atomic mass is 19.4. The average Bonchev–Trinajstić information content (AvgIpc) is 2.61. The van der Waals surface area contributed by atoms with Gasteiger partial charge in [0.05, 0.1) is 17.2 Å². The molecule has 0 aromatic carbocycles. The predicted molar refractivity (Wildman–Crippen MR) is 96.8 cm³/mol. The van der Waals surface area contributed by atoms with Gasteiger partial charge < -0.3 is 16.4 Å². The third-order valence-corrected chi connectivity index (χ3v) is 4.46. The smallest absolute Gasteiger partial charge is 0.384 e. The van der Waals surface area contributed by atoms with Gasteiger partial charge in [-0.1, -0.05) is 11.8 Å². The van der Waals surface area contributed by atoms with E-state index in [1.165, 1.54) is 0 Å². The summed E-state index contributed by atoms with van der Waals surface area (Å²) < 4.78 is 38.7. The van der Waals surface area contributed by atoms with E-state index >= 15 is 0 Å². The number of halogens is 3. The molecule has 9 heteroatoms. The zero-order valence-electron chi connectivity index (χ0n) is 14.7. The molecule has 0 saturated carbocycles. The summed E-state index contributed by atoms with van der Waals surface area (Å²) in [5.74, 6) is 5.61. The molecule has 0 radical (unpaired) electrons. The SMILES string of the molecule is Cc1nc(N)nc(N2CCC(C(F)(F)F)CC2)c1C#Cc1ccc(N)nc1. The maximum Gasteiger partial charge on any atom is 0.391 e. The highest BCUT2D eigenvalue weighted by Gasteiger charge is 2.41. The molecule has 0 unspecified atom stereocenters. The number of nitrogens with zero attached hydrogens (tertiary/aromatic N) is 4. The van der Waals surface area contributed by atoms with Gasteiger partial charge in [0.2, 0.25) is 5.95 Å². The number of alkyl halides is 3. The molecule has 1 saturated heterocycles. The summed E-state index contributed by atoms with van der Waals surface area (Å²) in [6.07, 6.45) is -2.59. The van der Waals surface area contributed by atoms with Crippen LogP contribution in [0, 0.1) is 24.7 Å². The van der Waals surface area contributed by atoms with Crippen molar-refractivity contribution in [2.45, 2.75) is 25.9 Å². The lowest BCUT2D eigenvalue weighted by Crippen LogP contribution is -2.40. The molecule has 0 amide bonds. The first-order valence-corrected chi connectivity index (χ1v) is 8.43. The largest absolute Gasteiger partial charge is 0.391 e. The molecule has 0 atom stereocenters. The number of nitrogen functional groups attached to an aromatic ring is 2. The van der Waals surface area contributed by atoms with Gasteiger partial charge in [0.1, 0.15) is 11.6 Å². The summed E-state index contributed by atoms with van der Waals surface area (Å²) in [4.78, 5) is 14.1. The fraction of sp³-hybridized carbons (Fsp3) is 0.389. The van der Waals surface area contributed by atoms with Crippen molar-refractivity contribution in [1.29, 1.82) is 0 Å². The third kappa shape index (κ3) is 4.39. The van der Waals surface area contributed by atoms with Crippen LogP contribution in [0.3, 0.4) is 0 Å². The van der Waals surface area contributed by atoms with Crippen LogP contribution >= 0.6 is 0 Å². The van der Waals surface area contributed by atoms with Crippen molar-refractivity contribution in [2.75, 3.05) is 29.5 Å². The van der Waals surface area contributed by atoms with E-state index in [2.05, 4.69) is 26.8 Å². The normalized spacial score (nSPS) is 15.3. The van der Waals surface area contributed by atoms with Gasteiger partial charge in [0, 0.05) is 24.8 Å². The van der Waals surface area contributed by atoms with Crippen molar-refractivity contribution in [3.05, 3.63) is 35.2 Å². The number of hydrogen-bond acceptors (Lipinski definition) is 6. The Morgan fingerprint density at radius 1 is 1.11 bits per heavy atom. The van der Waals surface area contributed by atoms with Crippen LogP contribution in [0.1, 0.15) is 29.7 Å². The second-order valence-corrected chi connectivity index (χ2v) is 6.39. The van der Waals surface area contributed by atoms with Gasteiger partial charge >= 0.3 is 6.18 Å². The van der Waals surface area contributed by atoms with Gasteiger partial charge in [-0.2, -0.15) is 18.2 Å². The number of rotatable bonds is 1. The molecule has 142 valence electrons. The summed E-state index contributed by atoms with van der Waals surface area (Å²) in [6, 6.07) is 3.37. The molecule has 0 bridgehead atoms. The molecule has 2 aromatic rings. The number of hydrogen-bond donors (Lipinski definition) is 2. The Labute approximate surface area is 154 Å². The van der Waals surface area contributed by atoms with Gasteiger partial charge in [-0.3, -0.25) is 0 Å². The quantitative estimate of drug-likeness (QED) is 0.743. The van der Waals surface area contributed by atoms with Crippen molar-refractivity contribution in [3.8, 4) is 11.8 Å². The third-order valence-electron chi connectivity index (χ3n) is 4.46. The Hall–Kier alpha value is -3.02. The summed E-state index contributed by atoms with van der Waals surface area (Å²) in [5, 5.41) is 0. The van der Waals surface area contributed by atoms with Gasteiger partial charge in [0.15, 0.2) is 0 Å². The van der Waals surface area contributed by atoms with Gasteiger partial charge in [-0.15, -0.1) is 0 Å². The first kappa shape index (κ1) is 18.8. The van der Waals surface area contributed by atoms with Gasteiger partial charge in [0.25, 0.3) is 0 Å². The van der Waals surface area contributed by atoms with Crippen LogP contribution in [0.25, 0.3) is 0 Å². The monoisotopic (exact) mass is 376 g/mol. The van der Waals surface area contributed by atoms with E-state index in [9.17, 15) is 13.2 Å². The topological polar surface area (TPSA) is 94.0 Å². The molecule has 1 aliphatic heterocycles. The number of anilines is 3. The number of aryl methyl sites for hydroxylation is 1. The summed E-state index contributed by atoms with van der Waals surface area (Å²) >= 11 is 0. The number of nitrogens with two attached hydrogens (primary N) is 2. The first-order valence-electron chi connectivity index (χ1n) is 8.43. The van der Waals surface area contributed by atoms with Crippen LogP contribution in [0.4, 0.5) is 30.8 Å². The second kappa shape index (κ2) is 7.31. The molecule has 4 N–H and O–H groups in total. The van der Waals surface area contributed by atoms with E-state index in [-0.39, 0.29) is 31.9 Å².